The maximum atomic E-state index is 14.0. The molecule has 1 saturated carbocycles. The summed E-state index contributed by atoms with van der Waals surface area (Å²) in [6.07, 6.45) is 6.73. The van der Waals surface area contributed by atoms with Crippen LogP contribution in [-0.4, -0.2) is 40.0 Å². The Morgan fingerprint density at radius 2 is 1.83 bits per heavy atom. The fourth-order valence-corrected chi connectivity index (χ4v) is 5.63. The number of nitrogens with one attached hydrogen (secondary N) is 1. The minimum atomic E-state index is -1.02. The van der Waals surface area contributed by atoms with Crippen molar-refractivity contribution in [1.29, 1.82) is 0 Å². The number of amides is 2. The van der Waals surface area contributed by atoms with E-state index in [4.69, 9.17) is 4.74 Å². The van der Waals surface area contributed by atoms with Crippen molar-refractivity contribution in [3.8, 4) is 5.75 Å². The molecule has 1 fully saturated rings. The minimum Gasteiger partial charge on any atom is -0.497 e. The van der Waals surface area contributed by atoms with Gasteiger partial charge in [0.2, 0.25) is 5.91 Å². The Labute approximate surface area is 207 Å². The molecule has 1 aliphatic carbocycles. The number of rotatable bonds is 5. The molecule has 2 amide bonds. The molecule has 3 aromatic rings. The standard InChI is InChI=1S/C29H35N3O3/c1-20-10-8-9-11-22(20)18-32-27(33)26-16-21-14-15-24(35-3)17-25(21)31(26)19-29(32,2)28(34)30-23-12-6-4-5-7-13-23/h8-11,14-17,23H,4-7,12-13,18-19H2,1-3H3,(H,30,34). The number of carbonyl (C=O) groups is 2. The predicted molar refractivity (Wildman–Crippen MR) is 138 cm³/mol. The van der Waals surface area contributed by atoms with Crippen molar-refractivity contribution in [1.82, 2.24) is 14.8 Å². The molecule has 1 unspecified atom stereocenters. The van der Waals surface area contributed by atoms with E-state index < -0.39 is 5.54 Å². The van der Waals surface area contributed by atoms with Crippen LogP contribution in [0, 0.1) is 6.92 Å². The second-order valence-corrected chi connectivity index (χ2v) is 10.3. The molecular weight excluding hydrogens is 438 g/mol. The third-order valence-electron chi connectivity index (χ3n) is 7.91. The lowest BCUT2D eigenvalue weighted by molar-refractivity contribution is -0.134. The first-order chi connectivity index (χ1) is 16.9. The molecule has 6 heteroatoms. The van der Waals surface area contributed by atoms with Crippen LogP contribution in [-0.2, 0) is 17.9 Å². The van der Waals surface area contributed by atoms with Gasteiger partial charge in [0.15, 0.2) is 0 Å². The Morgan fingerprint density at radius 1 is 1.09 bits per heavy atom. The van der Waals surface area contributed by atoms with Crippen LogP contribution >= 0.6 is 0 Å². The van der Waals surface area contributed by atoms with Gasteiger partial charge in [0.1, 0.15) is 17.0 Å². The molecule has 2 heterocycles. The number of carbonyl (C=O) groups excluding carboxylic acids is 2. The molecule has 184 valence electrons. The number of benzene rings is 2. The Hall–Kier alpha value is -3.28. The van der Waals surface area contributed by atoms with E-state index in [0.717, 1.165) is 53.5 Å². The van der Waals surface area contributed by atoms with Crippen LogP contribution in [0.4, 0.5) is 0 Å². The van der Waals surface area contributed by atoms with Gasteiger partial charge in [-0.05, 0) is 56.0 Å². The zero-order chi connectivity index (χ0) is 24.6. The second kappa shape index (κ2) is 9.40. The van der Waals surface area contributed by atoms with E-state index in [1.807, 2.05) is 54.0 Å². The number of aromatic nitrogens is 1. The maximum absolute atomic E-state index is 14.0. The first-order valence-electron chi connectivity index (χ1n) is 12.8. The average molecular weight is 474 g/mol. The summed E-state index contributed by atoms with van der Waals surface area (Å²) >= 11 is 0. The average Bonchev–Trinajstić information content (AvgIpc) is 3.01. The molecule has 1 aromatic heterocycles. The number of ether oxygens (including phenoxy) is 1. The minimum absolute atomic E-state index is 0.0678. The zero-order valence-corrected chi connectivity index (χ0v) is 21.0. The molecule has 6 nitrogen and oxygen atoms in total. The third kappa shape index (κ3) is 4.30. The predicted octanol–water partition coefficient (Wildman–Crippen LogP) is 5.21. The van der Waals surface area contributed by atoms with Gasteiger partial charge in [-0.15, -0.1) is 0 Å². The number of hydrogen-bond donors (Lipinski definition) is 1. The summed E-state index contributed by atoms with van der Waals surface area (Å²) in [6.45, 7) is 4.76. The normalized spacial score (nSPS) is 21.0. The van der Waals surface area contributed by atoms with Crippen LogP contribution < -0.4 is 10.1 Å². The molecule has 1 N–H and O–H groups in total. The van der Waals surface area contributed by atoms with Crippen LogP contribution in [0.2, 0.25) is 0 Å². The zero-order valence-electron chi connectivity index (χ0n) is 21.0. The van der Waals surface area contributed by atoms with Gasteiger partial charge in [-0.2, -0.15) is 0 Å². The number of fused-ring (bicyclic) bond motifs is 3. The molecule has 2 aliphatic rings. The third-order valence-corrected chi connectivity index (χ3v) is 7.91. The molecule has 0 bridgehead atoms. The van der Waals surface area contributed by atoms with Crippen molar-refractivity contribution in [3.05, 3.63) is 65.4 Å². The molecule has 35 heavy (non-hydrogen) atoms. The summed E-state index contributed by atoms with van der Waals surface area (Å²) in [5.74, 6) is 0.549. The van der Waals surface area contributed by atoms with E-state index in [2.05, 4.69) is 18.3 Å². The van der Waals surface area contributed by atoms with Gasteiger partial charge in [-0.3, -0.25) is 9.59 Å². The lowest BCUT2D eigenvalue weighted by Gasteiger charge is -2.45. The first-order valence-corrected chi connectivity index (χ1v) is 12.8. The Balaban J connectivity index is 1.56. The Kier molecular flexibility index (Phi) is 6.30. The summed E-state index contributed by atoms with van der Waals surface area (Å²) < 4.78 is 7.45. The first kappa shape index (κ1) is 23.5. The van der Waals surface area contributed by atoms with Crippen molar-refractivity contribution < 1.29 is 14.3 Å². The van der Waals surface area contributed by atoms with Crippen LogP contribution in [0.3, 0.4) is 0 Å². The monoisotopic (exact) mass is 473 g/mol. The van der Waals surface area contributed by atoms with Crippen LogP contribution in [0.25, 0.3) is 10.9 Å². The molecule has 0 saturated heterocycles. The van der Waals surface area contributed by atoms with Crippen molar-refractivity contribution in [2.24, 2.45) is 0 Å². The van der Waals surface area contributed by atoms with Crippen LogP contribution in [0.5, 0.6) is 5.75 Å². The maximum Gasteiger partial charge on any atom is 0.271 e. The van der Waals surface area contributed by atoms with E-state index in [0.29, 0.717) is 18.8 Å². The summed E-state index contributed by atoms with van der Waals surface area (Å²) in [5.41, 5.74) is 2.68. The summed E-state index contributed by atoms with van der Waals surface area (Å²) in [5, 5.41) is 4.31. The largest absolute Gasteiger partial charge is 0.497 e. The molecule has 1 atom stereocenters. The highest BCUT2D eigenvalue weighted by molar-refractivity contribution is 6.03. The molecule has 2 aromatic carbocycles. The quantitative estimate of drug-likeness (QED) is 0.517. The van der Waals surface area contributed by atoms with Crippen LogP contribution in [0.1, 0.15) is 67.1 Å². The number of methoxy groups -OCH3 is 1. The van der Waals surface area contributed by atoms with Crippen molar-refractivity contribution in [2.45, 2.75) is 77.0 Å². The van der Waals surface area contributed by atoms with Gasteiger partial charge in [-0.1, -0.05) is 49.9 Å². The highest BCUT2D eigenvalue weighted by Crippen LogP contribution is 2.35. The second-order valence-electron chi connectivity index (χ2n) is 10.3. The van der Waals surface area contributed by atoms with E-state index in [1.54, 1.807) is 12.0 Å². The summed E-state index contributed by atoms with van der Waals surface area (Å²) in [4.78, 5) is 29.8. The van der Waals surface area contributed by atoms with Gasteiger partial charge >= 0.3 is 0 Å². The SMILES string of the molecule is COc1ccc2cc3n(c2c1)CC(C)(C(=O)NC1CCCCCC1)N(Cc1ccccc1C)C3=O. The Morgan fingerprint density at radius 3 is 2.54 bits per heavy atom. The Bertz CT molecular complexity index is 1260. The lowest BCUT2D eigenvalue weighted by atomic mass is 9.92. The lowest BCUT2D eigenvalue weighted by Crippen LogP contribution is -2.64. The van der Waals surface area contributed by atoms with Crippen LogP contribution in [0.15, 0.2) is 48.5 Å². The molecule has 1 aliphatic heterocycles. The highest BCUT2D eigenvalue weighted by atomic mass is 16.5. The van der Waals surface area contributed by atoms with Crippen molar-refractivity contribution >= 4 is 22.7 Å². The van der Waals surface area contributed by atoms with E-state index in [9.17, 15) is 9.59 Å². The summed E-state index contributed by atoms with van der Waals surface area (Å²) in [6, 6.07) is 16.0. The fourth-order valence-electron chi connectivity index (χ4n) is 5.63. The highest BCUT2D eigenvalue weighted by Gasteiger charge is 2.48. The molecular formula is C29H35N3O3. The van der Waals surface area contributed by atoms with Gasteiger partial charge in [0, 0.05) is 24.0 Å². The van der Waals surface area contributed by atoms with Crippen molar-refractivity contribution in [2.75, 3.05) is 7.11 Å². The molecule has 0 radical (unpaired) electrons. The van der Waals surface area contributed by atoms with Crippen molar-refractivity contribution in [3.63, 3.8) is 0 Å². The number of hydrogen-bond acceptors (Lipinski definition) is 3. The van der Waals surface area contributed by atoms with Gasteiger partial charge < -0.3 is 19.5 Å². The van der Waals surface area contributed by atoms with Gasteiger partial charge in [0.05, 0.1) is 19.2 Å². The smallest absolute Gasteiger partial charge is 0.271 e. The molecule has 5 rings (SSSR count). The summed E-state index contributed by atoms with van der Waals surface area (Å²) in [7, 11) is 1.64. The van der Waals surface area contributed by atoms with E-state index in [1.165, 1.54) is 12.8 Å². The van der Waals surface area contributed by atoms with Gasteiger partial charge in [-0.25, -0.2) is 0 Å². The number of aryl methyl sites for hydroxylation is 1. The van der Waals surface area contributed by atoms with E-state index >= 15 is 0 Å². The number of nitrogens with zero attached hydrogens (tertiary/aromatic N) is 2. The van der Waals surface area contributed by atoms with E-state index in [-0.39, 0.29) is 17.9 Å². The fraction of sp³-hybridized carbons (Fsp3) is 0.448. The van der Waals surface area contributed by atoms with Gasteiger partial charge in [0.25, 0.3) is 5.91 Å². The topological polar surface area (TPSA) is 63.6 Å². The molecule has 0 spiro atoms.